The first-order valence-corrected chi connectivity index (χ1v) is 13.4. The van der Waals surface area contributed by atoms with E-state index in [-0.39, 0.29) is 0 Å². The maximum absolute atomic E-state index is 12.1. The molecule has 0 amide bonds. The van der Waals surface area contributed by atoms with E-state index in [1.54, 1.807) is 24.3 Å². The quantitative estimate of drug-likeness (QED) is 0.567. The van der Waals surface area contributed by atoms with Gasteiger partial charge in [-0.15, -0.1) is 0 Å². The van der Waals surface area contributed by atoms with Crippen LogP contribution >= 0.6 is 0 Å². The molecule has 0 bridgehead atoms. The van der Waals surface area contributed by atoms with Crippen LogP contribution in [0.25, 0.3) is 0 Å². The number of carbonyl (C=O) groups excluding carboxylic acids is 1. The second-order valence-corrected chi connectivity index (χ2v) is 13.9. The summed E-state index contributed by atoms with van der Waals surface area (Å²) < 4.78 is 43.4. The number of carbonyl (C=O) groups is 1. The maximum atomic E-state index is 12.1. The summed E-state index contributed by atoms with van der Waals surface area (Å²) in [7, 11) is 0. The number of rotatable bonds is 1. The number of halogens is 3. The van der Waals surface area contributed by atoms with E-state index in [2.05, 4.69) is 12.9 Å². The average molecular weight is 363 g/mol. The van der Waals surface area contributed by atoms with Crippen LogP contribution in [0.5, 0.6) is 0 Å². The number of benzene rings is 1. The first-order valence-electron chi connectivity index (χ1n) is 5.09. The van der Waals surface area contributed by atoms with Gasteiger partial charge in [-0.2, -0.15) is 0 Å². The van der Waals surface area contributed by atoms with Crippen LogP contribution in [-0.2, 0) is 7.87 Å². The molecule has 0 spiro atoms. The first-order chi connectivity index (χ1) is 8.21. The SMILES string of the molecule is [CH3][Sn]([CH3])([C]#Cc1ccccc1)[O]C(=O)C(F)(F)F. The molecule has 0 saturated carbocycles. The monoisotopic (exact) mass is 364 g/mol. The molecular weight excluding hydrogens is 352 g/mol. The van der Waals surface area contributed by atoms with Crippen molar-refractivity contribution in [1.29, 1.82) is 0 Å². The second kappa shape index (κ2) is 5.65. The van der Waals surface area contributed by atoms with Gasteiger partial charge in [-0.25, -0.2) is 0 Å². The fraction of sp³-hybridized carbons (Fsp3) is 0.250. The molecule has 0 aliphatic rings. The normalized spacial score (nSPS) is 11.4. The van der Waals surface area contributed by atoms with E-state index in [0.29, 0.717) is 5.56 Å². The first kappa shape index (κ1) is 14.9. The van der Waals surface area contributed by atoms with Gasteiger partial charge in [0, 0.05) is 0 Å². The summed E-state index contributed by atoms with van der Waals surface area (Å²) in [5, 5.41) is 0. The van der Waals surface area contributed by atoms with Crippen LogP contribution in [0, 0.1) is 9.86 Å². The molecular formula is C12H11F3O2Sn. The van der Waals surface area contributed by atoms with Crippen molar-refractivity contribution in [2.24, 2.45) is 0 Å². The zero-order chi connectivity index (χ0) is 13.8. The Hall–Kier alpha value is -1.16. The van der Waals surface area contributed by atoms with E-state index in [0.717, 1.165) is 0 Å². The summed E-state index contributed by atoms with van der Waals surface area (Å²) in [5.74, 6) is 0.593. The van der Waals surface area contributed by atoms with Crippen molar-refractivity contribution < 1.29 is 21.0 Å². The predicted octanol–water partition coefficient (Wildman–Crippen LogP) is 2.89. The van der Waals surface area contributed by atoms with Gasteiger partial charge in [0.05, 0.1) is 0 Å². The topological polar surface area (TPSA) is 26.3 Å². The van der Waals surface area contributed by atoms with Crippen molar-refractivity contribution in [3.63, 3.8) is 0 Å². The van der Waals surface area contributed by atoms with Gasteiger partial charge in [-0.3, -0.25) is 0 Å². The third-order valence-electron chi connectivity index (χ3n) is 1.86. The molecule has 0 fully saturated rings. The van der Waals surface area contributed by atoms with Crippen molar-refractivity contribution >= 4 is 24.8 Å². The minimum atomic E-state index is -4.96. The van der Waals surface area contributed by atoms with Gasteiger partial charge in [-0.1, -0.05) is 0 Å². The summed E-state index contributed by atoms with van der Waals surface area (Å²) in [6.45, 7) is 0. The van der Waals surface area contributed by atoms with Crippen LogP contribution in [-0.4, -0.2) is 30.9 Å². The summed E-state index contributed by atoms with van der Waals surface area (Å²) in [6.07, 6.45) is -4.96. The summed E-state index contributed by atoms with van der Waals surface area (Å²) in [5.41, 5.74) is 0.685. The van der Waals surface area contributed by atoms with Gasteiger partial charge >= 0.3 is 108 Å². The molecule has 0 saturated heterocycles. The Morgan fingerprint density at radius 2 is 1.78 bits per heavy atom. The van der Waals surface area contributed by atoms with E-state index in [1.165, 1.54) is 9.88 Å². The predicted molar refractivity (Wildman–Crippen MR) is 62.9 cm³/mol. The van der Waals surface area contributed by atoms with Crippen LogP contribution in [0.2, 0.25) is 9.88 Å². The summed E-state index contributed by atoms with van der Waals surface area (Å²) in [6, 6.07) is 8.83. The van der Waals surface area contributed by atoms with Crippen molar-refractivity contribution in [1.82, 2.24) is 0 Å². The Morgan fingerprint density at radius 3 is 2.28 bits per heavy atom. The molecule has 6 heteroatoms. The average Bonchev–Trinajstić information content (AvgIpc) is 2.26. The van der Waals surface area contributed by atoms with Crippen LogP contribution < -0.4 is 0 Å². The van der Waals surface area contributed by atoms with Crippen molar-refractivity contribution in [2.75, 3.05) is 0 Å². The van der Waals surface area contributed by atoms with Gasteiger partial charge in [0.1, 0.15) is 0 Å². The molecule has 2 nitrogen and oxygen atoms in total. The molecule has 0 N–H and O–H groups in total. The fourth-order valence-corrected chi connectivity index (χ4v) is 4.13. The van der Waals surface area contributed by atoms with Crippen LogP contribution in [0.15, 0.2) is 30.3 Å². The Kier molecular flexibility index (Phi) is 4.68. The molecule has 1 aromatic rings. The van der Waals surface area contributed by atoms with Gasteiger partial charge in [-0.05, 0) is 0 Å². The van der Waals surface area contributed by atoms with Crippen molar-refractivity contribution in [2.45, 2.75) is 16.1 Å². The Morgan fingerprint density at radius 1 is 1.22 bits per heavy atom. The molecule has 0 heterocycles. The van der Waals surface area contributed by atoms with Crippen LogP contribution in [0.4, 0.5) is 13.2 Å². The van der Waals surface area contributed by atoms with Gasteiger partial charge in [0.2, 0.25) is 0 Å². The number of alkyl halides is 3. The second-order valence-electron chi connectivity index (χ2n) is 4.01. The zero-order valence-corrected chi connectivity index (χ0v) is 12.7. The fourth-order valence-electron chi connectivity index (χ4n) is 1.06. The molecule has 0 radical (unpaired) electrons. The molecule has 0 aliphatic carbocycles. The van der Waals surface area contributed by atoms with Gasteiger partial charge in [0.15, 0.2) is 0 Å². The third-order valence-corrected chi connectivity index (χ3v) is 5.92. The Labute approximate surface area is 108 Å². The van der Waals surface area contributed by atoms with E-state index >= 15 is 0 Å². The number of hydrogen-bond acceptors (Lipinski definition) is 2. The van der Waals surface area contributed by atoms with Crippen LogP contribution in [0.1, 0.15) is 5.56 Å². The molecule has 18 heavy (non-hydrogen) atoms. The molecule has 0 unspecified atom stereocenters. The van der Waals surface area contributed by atoms with E-state index in [9.17, 15) is 18.0 Å². The molecule has 1 rings (SSSR count). The van der Waals surface area contributed by atoms with Crippen molar-refractivity contribution in [3.05, 3.63) is 35.9 Å². The van der Waals surface area contributed by atoms with Crippen molar-refractivity contribution in [3.8, 4) is 9.86 Å². The van der Waals surface area contributed by atoms with E-state index in [1.807, 2.05) is 6.07 Å². The van der Waals surface area contributed by atoms with E-state index in [4.69, 9.17) is 0 Å². The Balaban J connectivity index is 2.78. The van der Waals surface area contributed by atoms with Gasteiger partial charge < -0.3 is 0 Å². The standard InChI is InChI=1S/C8H5.C2HF3O2.2CH3.Sn/c1-2-8-6-4-3-5-7-8;3-2(4,5)1(6)7;;;/h3-7H;(H,6,7);2*1H3;/q;;;;+1/p-1. The Bertz CT molecular complexity index is 484. The molecule has 96 valence electrons. The van der Waals surface area contributed by atoms with Crippen LogP contribution in [0.3, 0.4) is 0 Å². The zero-order valence-electron chi connectivity index (χ0n) is 9.84. The molecule has 0 atom stereocenters. The minimum absolute atomic E-state index is 0.685. The third kappa shape index (κ3) is 5.00. The van der Waals surface area contributed by atoms with Gasteiger partial charge in [0.25, 0.3) is 0 Å². The number of hydrogen-bond donors (Lipinski definition) is 0. The molecule has 0 aromatic heterocycles. The summed E-state index contributed by atoms with van der Waals surface area (Å²) >= 11 is -3.75. The van der Waals surface area contributed by atoms with E-state index < -0.39 is 30.9 Å². The molecule has 0 aliphatic heterocycles. The summed E-state index contributed by atoms with van der Waals surface area (Å²) in [4.78, 5) is 13.7. The molecule has 1 aromatic carbocycles.